The fraction of sp³-hybridized carbons (Fsp3) is 0.125. The number of halogens is 3. The summed E-state index contributed by atoms with van der Waals surface area (Å²) in [7, 11) is 0. The third-order valence-electron chi connectivity index (χ3n) is 4.85. The Balaban J connectivity index is 1.36. The molecule has 0 aliphatic heterocycles. The van der Waals surface area contributed by atoms with Crippen LogP contribution >= 0.6 is 34.8 Å². The average Bonchev–Trinajstić information content (AvgIpc) is 3.45. The van der Waals surface area contributed by atoms with Crippen molar-refractivity contribution in [3.8, 4) is 11.4 Å². The van der Waals surface area contributed by atoms with Gasteiger partial charge in [0.1, 0.15) is 12.4 Å². The highest BCUT2D eigenvalue weighted by molar-refractivity contribution is 6.40. The largest absolute Gasteiger partial charge is 0.483 e. The molecule has 0 spiro atoms. The average molecular weight is 490 g/mol. The quantitative estimate of drug-likeness (QED) is 0.301. The van der Waals surface area contributed by atoms with E-state index in [4.69, 9.17) is 44.0 Å². The summed E-state index contributed by atoms with van der Waals surface area (Å²) < 4.78 is 13.3. The van der Waals surface area contributed by atoms with Gasteiger partial charge in [-0.15, -0.1) is 0 Å². The summed E-state index contributed by atoms with van der Waals surface area (Å²) in [6.07, 6.45) is 3.96. The van der Waals surface area contributed by atoms with Gasteiger partial charge in [-0.2, -0.15) is 0 Å². The number of hydrogen-bond donors (Lipinski definition) is 1. The minimum atomic E-state index is -0.319. The number of hydrogen-bond acceptors (Lipinski definition) is 3. The van der Waals surface area contributed by atoms with E-state index in [9.17, 15) is 4.79 Å². The second-order valence-electron chi connectivity index (χ2n) is 7.13. The zero-order valence-corrected chi connectivity index (χ0v) is 19.3. The van der Waals surface area contributed by atoms with Crippen LogP contribution in [0.25, 0.3) is 5.69 Å². The molecular formula is C24H19Cl3N2O3. The molecule has 2 aromatic heterocycles. The first kappa shape index (κ1) is 22.3. The minimum Gasteiger partial charge on any atom is -0.483 e. The van der Waals surface area contributed by atoms with Crippen molar-refractivity contribution in [3.63, 3.8) is 0 Å². The Labute approximate surface area is 200 Å². The summed E-state index contributed by atoms with van der Waals surface area (Å²) in [5.74, 6) is 0.631. The van der Waals surface area contributed by atoms with Crippen molar-refractivity contribution in [2.75, 3.05) is 0 Å². The topological polar surface area (TPSA) is 56.4 Å². The Morgan fingerprint density at radius 1 is 1.03 bits per heavy atom. The lowest BCUT2D eigenvalue weighted by Gasteiger charge is -2.14. The van der Waals surface area contributed by atoms with E-state index in [0.29, 0.717) is 26.6 Å². The van der Waals surface area contributed by atoms with Gasteiger partial charge in [0.2, 0.25) is 0 Å². The molecule has 2 heterocycles. The summed E-state index contributed by atoms with van der Waals surface area (Å²) in [5.41, 5.74) is 2.03. The number of nitrogens with zero attached hydrogens (tertiary/aromatic N) is 1. The second-order valence-corrected chi connectivity index (χ2v) is 8.38. The molecule has 1 amide bonds. The minimum absolute atomic E-state index is 0.0603. The number of carbonyl (C=O) groups is 1. The number of nitrogens with one attached hydrogen (secondary N) is 1. The molecule has 8 heteroatoms. The van der Waals surface area contributed by atoms with Crippen LogP contribution in [0.3, 0.4) is 0 Å². The van der Waals surface area contributed by atoms with Crippen molar-refractivity contribution in [2.24, 2.45) is 0 Å². The highest BCUT2D eigenvalue weighted by Crippen LogP contribution is 2.36. The molecule has 4 rings (SSSR count). The lowest BCUT2D eigenvalue weighted by Crippen LogP contribution is -2.26. The molecule has 32 heavy (non-hydrogen) atoms. The molecule has 0 radical (unpaired) electrons. The summed E-state index contributed by atoms with van der Waals surface area (Å²) >= 11 is 18.1. The van der Waals surface area contributed by atoms with E-state index in [0.717, 1.165) is 11.3 Å². The second kappa shape index (κ2) is 9.74. The van der Waals surface area contributed by atoms with Crippen LogP contribution in [0, 0.1) is 0 Å². The Morgan fingerprint density at radius 3 is 2.34 bits per heavy atom. The third-order valence-corrected chi connectivity index (χ3v) is 5.63. The van der Waals surface area contributed by atoms with E-state index < -0.39 is 0 Å². The molecule has 0 saturated heterocycles. The Morgan fingerprint density at radius 2 is 1.69 bits per heavy atom. The van der Waals surface area contributed by atoms with Gasteiger partial charge in [0.15, 0.2) is 11.5 Å². The van der Waals surface area contributed by atoms with Crippen molar-refractivity contribution >= 4 is 40.7 Å². The van der Waals surface area contributed by atoms with Gasteiger partial charge in [-0.1, -0.05) is 46.9 Å². The van der Waals surface area contributed by atoms with Crippen LogP contribution < -0.4 is 10.1 Å². The maximum Gasteiger partial charge on any atom is 0.287 e. The summed E-state index contributed by atoms with van der Waals surface area (Å²) in [5, 5.41) is 3.95. The fourth-order valence-corrected chi connectivity index (χ4v) is 4.11. The molecule has 164 valence electrons. The molecule has 0 aliphatic carbocycles. The van der Waals surface area contributed by atoms with Crippen LogP contribution in [-0.4, -0.2) is 10.5 Å². The predicted molar refractivity (Wildman–Crippen MR) is 126 cm³/mol. The fourth-order valence-electron chi connectivity index (χ4n) is 3.18. The number of ether oxygens (including phenoxy) is 1. The Hall–Kier alpha value is -2.86. The maximum absolute atomic E-state index is 12.6. The lowest BCUT2D eigenvalue weighted by molar-refractivity contribution is 0.0907. The summed E-state index contributed by atoms with van der Waals surface area (Å²) in [6, 6.07) is 18.1. The van der Waals surface area contributed by atoms with E-state index in [1.54, 1.807) is 12.1 Å². The number of rotatable bonds is 7. The van der Waals surface area contributed by atoms with Crippen LogP contribution in [0.15, 0.2) is 77.5 Å². The molecule has 0 bridgehead atoms. The highest BCUT2D eigenvalue weighted by atomic mass is 35.5. The van der Waals surface area contributed by atoms with E-state index >= 15 is 0 Å². The molecule has 0 aliphatic rings. The molecular weight excluding hydrogens is 471 g/mol. The number of carbonyl (C=O) groups excluding carboxylic acids is 1. The monoisotopic (exact) mass is 488 g/mol. The molecule has 0 fully saturated rings. The number of aromatic nitrogens is 1. The van der Waals surface area contributed by atoms with Crippen molar-refractivity contribution in [1.82, 2.24) is 9.88 Å². The Bertz CT molecular complexity index is 1190. The predicted octanol–water partition coefficient (Wildman–Crippen LogP) is 7.10. The van der Waals surface area contributed by atoms with Gasteiger partial charge in [-0.3, -0.25) is 4.79 Å². The first-order valence-corrected chi connectivity index (χ1v) is 10.9. The first-order valence-electron chi connectivity index (χ1n) is 9.81. The normalized spacial score (nSPS) is 11.9. The number of benzene rings is 2. The van der Waals surface area contributed by atoms with Gasteiger partial charge in [-0.25, -0.2) is 0 Å². The van der Waals surface area contributed by atoms with Gasteiger partial charge in [-0.05, 0) is 61.0 Å². The standard InChI is InChI=1S/C24H19Cl3N2O3/c1-15(16-4-6-18(7-5-16)29-10-2-3-11-29)28-24(30)22-9-8-19(32-22)14-31-23-20(26)12-17(25)13-21(23)27/h2-13,15H,14H2,1H3,(H,28,30). The third kappa shape index (κ3) is 5.13. The van der Waals surface area contributed by atoms with Gasteiger partial charge in [0.25, 0.3) is 5.91 Å². The van der Waals surface area contributed by atoms with E-state index in [1.807, 2.05) is 60.3 Å². The number of furan rings is 1. The number of amides is 1. The molecule has 2 aromatic carbocycles. The van der Waals surface area contributed by atoms with E-state index in [1.165, 1.54) is 12.1 Å². The van der Waals surface area contributed by atoms with Crippen molar-refractivity contribution in [3.05, 3.63) is 105 Å². The molecule has 1 atom stereocenters. The van der Waals surface area contributed by atoms with Gasteiger partial charge >= 0.3 is 0 Å². The molecule has 1 unspecified atom stereocenters. The van der Waals surface area contributed by atoms with Crippen molar-refractivity contribution in [2.45, 2.75) is 19.6 Å². The van der Waals surface area contributed by atoms with Crippen molar-refractivity contribution in [1.29, 1.82) is 0 Å². The lowest BCUT2D eigenvalue weighted by atomic mass is 10.1. The molecule has 0 saturated carbocycles. The van der Waals surface area contributed by atoms with E-state index in [2.05, 4.69) is 5.32 Å². The Kier molecular flexibility index (Phi) is 6.80. The molecule has 5 nitrogen and oxygen atoms in total. The zero-order chi connectivity index (χ0) is 22.7. The van der Waals surface area contributed by atoms with Crippen molar-refractivity contribution < 1.29 is 13.9 Å². The van der Waals surface area contributed by atoms with Crippen LogP contribution in [0.5, 0.6) is 5.75 Å². The maximum atomic E-state index is 12.6. The van der Waals surface area contributed by atoms with E-state index in [-0.39, 0.29) is 24.3 Å². The van der Waals surface area contributed by atoms with Crippen LogP contribution in [0.2, 0.25) is 15.1 Å². The van der Waals surface area contributed by atoms with Gasteiger partial charge < -0.3 is 19.0 Å². The van der Waals surface area contributed by atoms with Crippen LogP contribution in [0.4, 0.5) is 0 Å². The highest BCUT2D eigenvalue weighted by Gasteiger charge is 2.16. The summed E-state index contributed by atoms with van der Waals surface area (Å²) in [4.78, 5) is 12.6. The van der Waals surface area contributed by atoms with Gasteiger partial charge in [0, 0.05) is 23.1 Å². The molecule has 4 aromatic rings. The van der Waals surface area contributed by atoms with Crippen LogP contribution in [0.1, 0.15) is 34.8 Å². The van der Waals surface area contributed by atoms with Crippen LogP contribution in [-0.2, 0) is 6.61 Å². The molecule has 1 N–H and O–H groups in total. The SMILES string of the molecule is CC(NC(=O)c1ccc(COc2c(Cl)cc(Cl)cc2Cl)o1)c1ccc(-n2cccc2)cc1. The smallest absolute Gasteiger partial charge is 0.287 e. The van der Waals surface area contributed by atoms with Gasteiger partial charge in [0.05, 0.1) is 16.1 Å². The summed E-state index contributed by atoms with van der Waals surface area (Å²) in [6.45, 7) is 1.98. The zero-order valence-electron chi connectivity index (χ0n) is 17.0. The first-order chi connectivity index (χ1) is 15.4.